The lowest BCUT2D eigenvalue weighted by atomic mass is 9.86. The summed E-state index contributed by atoms with van der Waals surface area (Å²) in [7, 11) is 1.39. The number of likely N-dealkylation sites (tertiary alicyclic amines) is 1. The second-order valence-corrected chi connectivity index (χ2v) is 19.2. The standard InChI is InChI=1S/C51H60N12O10/c1-6-62-39(18-28(3)57-62)46(65)55-50-53-37-20-31(45(64)52-33-12-10-30(11-13-33)49(69)70-5)22-41-43(37)60(50)16-8-9-17-61-44-38(54-51(61)56-47(66)40-19-29(4)58-63(40)7-2)21-32(48(67)68)23-42(44)72-27-34(26-71-41)59-24-35-14-15-36(25-59)73-35/h8-9,18-23,30,33-36H,6-7,10-17,24-27H2,1-5H3,(H,52,64)(H,67,68)(H,53,55,65)(H,54,56,66)/b9-8+. The molecule has 3 fully saturated rings. The molecule has 2 saturated heterocycles. The Balaban J connectivity index is 1.08. The van der Waals surface area contributed by atoms with Crippen LogP contribution in [0.5, 0.6) is 11.5 Å². The number of carbonyl (C=O) groups is 5. The van der Waals surface area contributed by atoms with Crippen LogP contribution in [-0.2, 0) is 40.4 Å². The molecule has 22 heteroatoms. The van der Waals surface area contributed by atoms with Crippen molar-refractivity contribution in [2.75, 3.05) is 44.0 Å². The van der Waals surface area contributed by atoms with Gasteiger partial charge in [-0.2, -0.15) is 10.2 Å². The molecule has 2 aromatic carbocycles. The van der Waals surface area contributed by atoms with E-state index in [0.717, 1.165) is 12.8 Å². The number of carboxylic acid groups (broad SMARTS) is 1. The number of ether oxygens (including phenoxy) is 4. The number of amides is 3. The smallest absolute Gasteiger partial charge is 0.335 e. The SMILES string of the molecule is CCn1nc(C)cc1C(=O)Nc1nc2cc(C(=O)O)cc3c2n1C/C=C/Cn1c(NC(=O)c2cc(C)nn2CC)nc2cc(C(=O)NC4CCC(C(=O)OC)CC4)cc(c21)OCC(N1CC2CCC(C1)O2)CO3. The molecule has 2 bridgehead atoms. The average Bonchev–Trinajstić information content (AvgIpc) is 4.21. The number of carboxylic acids is 1. The Morgan fingerprint density at radius 3 is 1.68 bits per heavy atom. The number of esters is 1. The van der Waals surface area contributed by atoms with E-state index in [9.17, 15) is 29.1 Å². The fourth-order valence-corrected chi connectivity index (χ4v) is 10.6. The van der Waals surface area contributed by atoms with E-state index in [-0.39, 0.29) is 96.6 Å². The monoisotopic (exact) mass is 1000 g/mol. The zero-order valence-corrected chi connectivity index (χ0v) is 41.6. The number of methoxy groups -OCH3 is 1. The Bertz CT molecular complexity index is 3150. The number of fused-ring (bicyclic) bond motifs is 2. The highest BCUT2D eigenvalue weighted by Crippen LogP contribution is 2.36. The van der Waals surface area contributed by atoms with Crippen molar-refractivity contribution in [2.24, 2.45) is 5.92 Å². The number of aromatic nitrogens is 8. The van der Waals surface area contributed by atoms with Gasteiger partial charge in [-0.1, -0.05) is 12.2 Å². The quantitative estimate of drug-likeness (QED) is 0.0942. The fourth-order valence-electron chi connectivity index (χ4n) is 10.6. The molecule has 3 amide bonds. The number of hydrogen-bond donors (Lipinski definition) is 4. The maximum atomic E-state index is 14.3. The summed E-state index contributed by atoms with van der Waals surface area (Å²) in [6.07, 6.45) is 7.94. The highest BCUT2D eigenvalue weighted by atomic mass is 16.5. The van der Waals surface area contributed by atoms with Crippen molar-refractivity contribution in [2.45, 2.75) is 117 Å². The Morgan fingerprint density at radius 1 is 0.685 bits per heavy atom. The third-order valence-corrected chi connectivity index (χ3v) is 14.2. The van der Waals surface area contributed by atoms with E-state index < -0.39 is 23.8 Å². The molecule has 1 saturated carbocycles. The van der Waals surface area contributed by atoms with Crippen molar-refractivity contribution >= 4 is 63.6 Å². The first-order chi connectivity index (χ1) is 35.3. The number of morpholine rings is 1. The van der Waals surface area contributed by atoms with Crippen molar-refractivity contribution < 1.29 is 48.0 Å². The molecule has 3 atom stereocenters. The maximum Gasteiger partial charge on any atom is 0.335 e. The van der Waals surface area contributed by atoms with Gasteiger partial charge in [0.25, 0.3) is 17.7 Å². The molecule has 4 aromatic heterocycles. The zero-order valence-electron chi connectivity index (χ0n) is 41.6. The highest BCUT2D eigenvalue weighted by Gasteiger charge is 2.38. The van der Waals surface area contributed by atoms with Gasteiger partial charge in [0.05, 0.1) is 59.3 Å². The number of hydrogen-bond acceptors (Lipinski definition) is 14. The average molecular weight is 1000 g/mol. The Labute approximate surface area is 420 Å². The number of nitrogens with one attached hydrogen (secondary N) is 3. The number of aryl methyl sites for hydroxylation is 4. The summed E-state index contributed by atoms with van der Waals surface area (Å²) in [5, 5.41) is 28.4. The second kappa shape index (κ2) is 20.5. The lowest BCUT2D eigenvalue weighted by Gasteiger charge is -2.37. The number of rotatable bonds is 11. The number of anilines is 2. The Hall–Kier alpha value is -7.59. The van der Waals surface area contributed by atoms with Gasteiger partial charge >= 0.3 is 11.9 Å². The van der Waals surface area contributed by atoms with Crippen LogP contribution in [0.4, 0.5) is 11.9 Å². The Morgan fingerprint density at radius 2 is 1.19 bits per heavy atom. The van der Waals surface area contributed by atoms with Gasteiger partial charge in [-0.05, 0) is 103 Å². The summed E-state index contributed by atoms with van der Waals surface area (Å²) in [5.41, 5.74) is 3.90. The van der Waals surface area contributed by atoms with Crippen molar-refractivity contribution in [1.82, 2.24) is 48.9 Å². The van der Waals surface area contributed by atoms with Crippen LogP contribution >= 0.6 is 0 Å². The molecule has 4 N–H and O–H groups in total. The lowest BCUT2D eigenvalue weighted by molar-refractivity contribution is -0.146. The number of aromatic carboxylic acids is 1. The van der Waals surface area contributed by atoms with Crippen LogP contribution in [0.25, 0.3) is 22.1 Å². The van der Waals surface area contributed by atoms with Crippen LogP contribution in [0, 0.1) is 19.8 Å². The van der Waals surface area contributed by atoms with Crippen molar-refractivity contribution in [3.05, 3.63) is 82.5 Å². The van der Waals surface area contributed by atoms with Crippen LogP contribution in [0.1, 0.15) is 105 Å². The lowest BCUT2D eigenvalue weighted by Crippen LogP contribution is -2.52. The van der Waals surface area contributed by atoms with Crippen molar-refractivity contribution in [1.29, 1.82) is 0 Å². The molecule has 6 aromatic rings. The Kier molecular flexibility index (Phi) is 13.8. The molecule has 0 radical (unpaired) electrons. The first-order valence-corrected chi connectivity index (χ1v) is 25.0. The summed E-state index contributed by atoms with van der Waals surface area (Å²) < 4.78 is 31.7. The molecule has 4 aliphatic rings. The largest absolute Gasteiger partial charge is 0.490 e. The third kappa shape index (κ3) is 10.00. The molecule has 1 aliphatic carbocycles. The zero-order chi connectivity index (χ0) is 51.1. The predicted molar refractivity (Wildman–Crippen MR) is 266 cm³/mol. The third-order valence-electron chi connectivity index (χ3n) is 14.2. The van der Waals surface area contributed by atoms with Gasteiger partial charge in [0, 0.05) is 50.9 Å². The summed E-state index contributed by atoms with van der Waals surface area (Å²) in [6.45, 7) is 9.90. The minimum atomic E-state index is -1.18. The predicted octanol–water partition coefficient (Wildman–Crippen LogP) is 5.36. The first kappa shape index (κ1) is 49.0. The number of imidazole rings is 2. The van der Waals surface area contributed by atoms with Gasteiger partial charge in [-0.25, -0.2) is 14.8 Å². The van der Waals surface area contributed by atoms with Crippen LogP contribution in [0.2, 0.25) is 0 Å². The van der Waals surface area contributed by atoms with Crippen molar-refractivity contribution in [3.8, 4) is 11.5 Å². The van der Waals surface area contributed by atoms with Gasteiger partial charge in [-0.15, -0.1) is 0 Å². The molecule has 10 rings (SSSR count). The molecule has 3 aliphatic heterocycles. The fraction of sp³-hybridized carbons (Fsp3) is 0.471. The maximum absolute atomic E-state index is 14.3. The minimum absolute atomic E-state index is 0.00528. The summed E-state index contributed by atoms with van der Waals surface area (Å²) in [4.78, 5) is 79.4. The van der Waals surface area contributed by atoms with Gasteiger partial charge in [0.1, 0.15) is 47.1 Å². The van der Waals surface area contributed by atoms with E-state index >= 15 is 0 Å². The van der Waals surface area contributed by atoms with Gasteiger partial charge in [-0.3, -0.25) is 44.1 Å². The summed E-state index contributed by atoms with van der Waals surface area (Å²) in [6, 6.07) is 9.09. The summed E-state index contributed by atoms with van der Waals surface area (Å²) in [5.74, 6) is -1.96. The molecule has 73 heavy (non-hydrogen) atoms. The minimum Gasteiger partial charge on any atom is -0.490 e. The van der Waals surface area contributed by atoms with Crippen LogP contribution < -0.4 is 25.4 Å². The van der Waals surface area contributed by atoms with E-state index in [2.05, 4.69) is 31.0 Å². The van der Waals surface area contributed by atoms with Crippen LogP contribution in [0.15, 0.2) is 48.6 Å². The van der Waals surface area contributed by atoms with E-state index in [1.54, 1.807) is 45.1 Å². The van der Waals surface area contributed by atoms with Gasteiger partial charge in [0.2, 0.25) is 11.9 Å². The van der Waals surface area contributed by atoms with E-state index in [4.69, 9.17) is 28.9 Å². The topological polar surface area (TPSA) is 253 Å². The molecular formula is C51H60N12O10. The molecule has 3 unspecified atom stereocenters. The molecule has 22 nitrogen and oxygen atoms in total. The number of nitrogens with zero attached hydrogens (tertiary/aromatic N) is 9. The van der Waals surface area contributed by atoms with Crippen LogP contribution in [0.3, 0.4) is 0 Å². The van der Waals surface area contributed by atoms with E-state index in [1.807, 2.05) is 37.5 Å². The number of allylic oxidation sites excluding steroid dienone is 2. The molecule has 7 heterocycles. The van der Waals surface area contributed by atoms with Crippen LogP contribution in [-0.4, -0.2) is 136 Å². The second-order valence-electron chi connectivity index (χ2n) is 19.2. The molecule has 384 valence electrons. The van der Waals surface area contributed by atoms with E-state index in [0.29, 0.717) is 96.9 Å². The number of carbonyl (C=O) groups excluding carboxylic acids is 4. The van der Waals surface area contributed by atoms with Gasteiger partial charge in [0.15, 0.2) is 0 Å². The first-order valence-electron chi connectivity index (χ1n) is 25.0. The van der Waals surface area contributed by atoms with Gasteiger partial charge < -0.3 is 38.5 Å². The van der Waals surface area contributed by atoms with E-state index in [1.165, 1.54) is 19.2 Å². The molecular weight excluding hydrogens is 941 g/mol. The molecule has 0 spiro atoms. The summed E-state index contributed by atoms with van der Waals surface area (Å²) >= 11 is 0. The highest BCUT2D eigenvalue weighted by molar-refractivity contribution is 6.05. The normalized spacial score (nSPS) is 21.6. The van der Waals surface area contributed by atoms with Crippen molar-refractivity contribution in [3.63, 3.8) is 0 Å². The number of benzene rings is 2.